The molecule has 6 heteroatoms. The highest BCUT2D eigenvalue weighted by molar-refractivity contribution is 8.01. The maximum absolute atomic E-state index is 13.0. The summed E-state index contributed by atoms with van der Waals surface area (Å²) in [6, 6.07) is 6.63. The molecule has 1 amide bonds. The SMILES string of the molecule is CC1CCC(NC(=O)CSc2nc(-c3ccc(F)cc3)cs2)CC1. The Balaban J connectivity index is 1.48. The van der Waals surface area contributed by atoms with Gasteiger partial charge in [0.25, 0.3) is 0 Å². The number of aromatic nitrogens is 1. The average molecular weight is 365 g/mol. The van der Waals surface area contributed by atoms with Crippen LogP contribution in [0.5, 0.6) is 0 Å². The standard InChI is InChI=1S/C18H21FN2OS2/c1-12-2-8-15(9-3-12)20-17(22)11-24-18-21-16(10-23-18)13-4-6-14(19)7-5-13/h4-7,10,12,15H,2-3,8-9,11H2,1H3,(H,20,22). The number of carbonyl (C=O) groups excluding carboxylic acids is 1. The van der Waals surface area contributed by atoms with Crippen LogP contribution in [0.1, 0.15) is 32.6 Å². The maximum Gasteiger partial charge on any atom is 0.230 e. The number of hydrogen-bond acceptors (Lipinski definition) is 4. The number of benzene rings is 1. The van der Waals surface area contributed by atoms with Gasteiger partial charge in [0.2, 0.25) is 5.91 Å². The first kappa shape index (κ1) is 17.4. The quantitative estimate of drug-likeness (QED) is 0.780. The van der Waals surface area contributed by atoms with Crippen molar-refractivity contribution in [3.8, 4) is 11.3 Å². The fourth-order valence-corrected chi connectivity index (χ4v) is 4.52. The van der Waals surface area contributed by atoms with Gasteiger partial charge in [-0.15, -0.1) is 11.3 Å². The first-order chi connectivity index (χ1) is 11.6. The van der Waals surface area contributed by atoms with E-state index >= 15 is 0 Å². The number of amides is 1. The highest BCUT2D eigenvalue weighted by atomic mass is 32.2. The van der Waals surface area contributed by atoms with Gasteiger partial charge in [0.15, 0.2) is 4.34 Å². The third kappa shape index (κ3) is 4.80. The zero-order valence-electron chi connectivity index (χ0n) is 13.6. The summed E-state index contributed by atoms with van der Waals surface area (Å²) in [6.07, 6.45) is 4.57. The van der Waals surface area contributed by atoms with E-state index in [4.69, 9.17) is 0 Å². The Morgan fingerprint density at radius 1 is 1.29 bits per heavy atom. The molecule has 24 heavy (non-hydrogen) atoms. The van der Waals surface area contributed by atoms with Gasteiger partial charge in [-0.2, -0.15) is 0 Å². The second kappa shape index (κ2) is 8.12. The van der Waals surface area contributed by atoms with Gasteiger partial charge in [0.1, 0.15) is 5.82 Å². The van der Waals surface area contributed by atoms with Crippen LogP contribution in [0, 0.1) is 11.7 Å². The highest BCUT2D eigenvalue weighted by Crippen LogP contribution is 2.28. The van der Waals surface area contributed by atoms with Crippen molar-refractivity contribution >= 4 is 29.0 Å². The topological polar surface area (TPSA) is 42.0 Å². The van der Waals surface area contributed by atoms with E-state index in [9.17, 15) is 9.18 Å². The number of thioether (sulfide) groups is 1. The van der Waals surface area contributed by atoms with Crippen LogP contribution in [-0.2, 0) is 4.79 Å². The third-order valence-corrected chi connectivity index (χ3v) is 6.35. The summed E-state index contributed by atoms with van der Waals surface area (Å²) in [6.45, 7) is 2.27. The maximum atomic E-state index is 13.0. The van der Waals surface area contributed by atoms with Crippen molar-refractivity contribution in [3.05, 3.63) is 35.5 Å². The van der Waals surface area contributed by atoms with Gasteiger partial charge < -0.3 is 5.32 Å². The number of hydrogen-bond donors (Lipinski definition) is 1. The molecule has 1 N–H and O–H groups in total. The first-order valence-corrected chi connectivity index (χ1v) is 10.1. The number of rotatable bonds is 5. The lowest BCUT2D eigenvalue weighted by Gasteiger charge is -2.26. The lowest BCUT2D eigenvalue weighted by Crippen LogP contribution is -2.38. The Morgan fingerprint density at radius 3 is 2.71 bits per heavy atom. The molecule has 1 aromatic carbocycles. The van der Waals surface area contributed by atoms with E-state index in [0.717, 1.165) is 34.4 Å². The minimum Gasteiger partial charge on any atom is -0.353 e. The van der Waals surface area contributed by atoms with Crippen molar-refractivity contribution in [1.29, 1.82) is 0 Å². The number of halogens is 1. The minimum absolute atomic E-state index is 0.0816. The van der Waals surface area contributed by atoms with Crippen molar-refractivity contribution in [2.24, 2.45) is 5.92 Å². The molecule has 3 nitrogen and oxygen atoms in total. The molecule has 1 aromatic heterocycles. The molecular weight excluding hydrogens is 343 g/mol. The summed E-state index contributed by atoms with van der Waals surface area (Å²) in [5.41, 5.74) is 1.71. The number of nitrogens with zero attached hydrogens (tertiary/aromatic N) is 1. The Labute approximate surface area is 150 Å². The molecule has 1 fully saturated rings. The number of nitrogens with one attached hydrogen (secondary N) is 1. The molecule has 0 bridgehead atoms. The summed E-state index contributed by atoms with van der Waals surface area (Å²) >= 11 is 2.97. The first-order valence-electron chi connectivity index (χ1n) is 8.24. The smallest absolute Gasteiger partial charge is 0.230 e. The van der Waals surface area contributed by atoms with Crippen LogP contribution in [0.15, 0.2) is 34.0 Å². The predicted octanol–water partition coefficient (Wildman–Crippen LogP) is 4.74. The lowest BCUT2D eigenvalue weighted by atomic mass is 9.87. The Morgan fingerprint density at radius 2 is 2.00 bits per heavy atom. The molecule has 0 saturated heterocycles. The van der Waals surface area contributed by atoms with E-state index in [-0.39, 0.29) is 11.7 Å². The predicted molar refractivity (Wildman–Crippen MR) is 97.8 cm³/mol. The van der Waals surface area contributed by atoms with Gasteiger partial charge >= 0.3 is 0 Å². The molecule has 1 heterocycles. The molecule has 3 rings (SSSR count). The van der Waals surface area contributed by atoms with Crippen LogP contribution < -0.4 is 5.32 Å². The van der Waals surface area contributed by atoms with Crippen LogP contribution in [0.4, 0.5) is 4.39 Å². The van der Waals surface area contributed by atoms with Gasteiger partial charge in [-0.25, -0.2) is 9.37 Å². The molecule has 1 aliphatic rings. The molecule has 1 saturated carbocycles. The zero-order valence-corrected chi connectivity index (χ0v) is 15.3. The minimum atomic E-state index is -0.252. The van der Waals surface area contributed by atoms with E-state index in [1.165, 1.54) is 48.1 Å². The van der Waals surface area contributed by atoms with Crippen molar-refractivity contribution < 1.29 is 9.18 Å². The fourth-order valence-electron chi connectivity index (χ4n) is 2.88. The molecule has 0 spiro atoms. The van der Waals surface area contributed by atoms with Gasteiger partial charge in [0, 0.05) is 17.0 Å². The van der Waals surface area contributed by atoms with Crippen LogP contribution in [0.2, 0.25) is 0 Å². The highest BCUT2D eigenvalue weighted by Gasteiger charge is 2.19. The summed E-state index contributed by atoms with van der Waals surface area (Å²) in [7, 11) is 0. The molecule has 0 aliphatic heterocycles. The number of thiazole rings is 1. The normalized spacial score (nSPS) is 20.8. The fraction of sp³-hybridized carbons (Fsp3) is 0.444. The summed E-state index contributed by atoms with van der Waals surface area (Å²) in [4.78, 5) is 16.6. The zero-order chi connectivity index (χ0) is 16.9. The molecule has 0 atom stereocenters. The molecule has 1 aliphatic carbocycles. The van der Waals surface area contributed by atoms with E-state index in [0.29, 0.717) is 11.8 Å². The Bertz CT molecular complexity index is 679. The molecule has 0 radical (unpaired) electrons. The van der Waals surface area contributed by atoms with Gasteiger partial charge in [-0.3, -0.25) is 4.79 Å². The van der Waals surface area contributed by atoms with Gasteiger partial charge in [0.05, 0.1) is 11.4 Å². The monoisotopic (exact) mass is 364 g/mol. The molecule has 2 aromatic rings. The summed E-state index contributed by atoms with van der Waals surface area (Å²) < 4.78 is 13.8. The van der Waals surface area contributed by atoms with E-state index < -0.39 is 0 Å². The van der Waals surface area contributed by atoms with E-state index in [1.54, 1.807) is 12.1 Å². The van der Waals surface area contributed by atoms with Gasteiger partial charge in [-0.05, 0) is 55.9 Å². The van der Waals surface area contributed by atoms with E-state index in [2.05, 4.69) is 17.2 Å². The van der Waals surface area contributed by atoms with Crippen molar-refractivity contribution in [2.75, 3.05) is 5.75 Å². The molecular formula is C18H21FN2OS2. The second-order valence-corrected chi connectivity index (χ2v) is 8.40. The summed E-state index contributed by atoms with van der Waals surface area (Å²) in [5, 5.41) is 5.07. The second-order valence-electron chi connectivity index (χ2n) is 6.32. The largest absolute Gasteiger partial charge is 0.353 e. The lowest BCUT2D eigenvalue weighted by molar-refractivity contribution is -0.119. The Hall–Kier alpha value is -1.40. The van der Waals surface area contributed by atoms with Gasteiger partial charge in [-0.1, -0.05) is 18.7 Å². The summed E-state index contributed by atoms with van der Waals surface area (Å²) in [5.74, 6) is 1.01. The Kier molecular flexibility index (Phi) is 5.89. The number of carbonyl (C=O) groups is 1. The van der Waals surface area contributed by atoms with Crippen LogP contribution in [0.25, 0.3) is 11.3 Å². The van der Waals surface area contributed by atoms with Crippen molar-refractivity contribution in [3.63, 3.8) is 0 Å². The molecule has 0 unspecified atom stereocenters. The van der Waals surface area contributed by atoms with Crippen LogP contribution in [0.3, 0.4) is 0 Å². The van der Waals surface area contributed by atoms with Crippen molar-refractivity contribution in [1.82, 2.24) is 10.3 Å². The van der Waals surface area contributed by atoms with Crippen molar-refractivity contribution in [2.45, 2.75) is 43.0 Å². The average Bonchev–Trinajstić information content (AvgIpc) is 3.05. The van der Waals surface area contributed by atoms with Crippen LogP contribution in [-0.4, -0.2) is 22.7 Å². The molecule has 128 valence electrons. The third-order valence-electron chi connectivity index (χ3n) is 4.33. The van der Waals surface area contributed by atoms with E-state index in [1.807, 2.05) is 5.38 Å². The van der Waals surface area contributed by atoms with Crippen LogP contribution >= 0.6 is 23.1 Å².